The molecule has 0 unspecified atom stereocenters. The second-order valence-corrected chi connectivity index (χ2v) is 17.9. The second kappa shape index (κ2) is 11.2. The van der Waals surface area contributed by atoms with Gasteiger partial charge in [-0.05, 0) is 87.4 Å². The average Bonchev–Trinajstić information content (AvgIpc) is 3.65. The Morgan fingerprint density at radius 1 is 0.957 bits per heavy atom. The molecule has 2 saturated heterocycles. The summed E-state index contributed by atoms with van der Waals surface area (Å²) in [6.07, 6.45) is -1.76. The predicted octanol–water partition coefficient (Wildman–Crippen LogP) is 2.71. The molecule has 6 N–H and O–H groups in total. The maximum atomic E-state index is 14.7. The van der Waals surface area contributed by atoms with Gasteiger partial charge in [-0.25, -0.2) is 0 Å². The summed E-state index contributed by atoms with van der Waals surface area (Å²) in [6.45, 7) is 16.3. The van der Waals surface area contributed by atoms with Crippen molar-refractivity contribution in [2.45, 2.75) is 167 Å². The van der Waals surface area contributed by atoms with E-state index >= 15 is 0 Å². The van der Waals surface area contributed by atoms with Gasteiger partial charge >= 0.3 is 0 Å². The molecule has 0 aromatic rings. The molecule has 10 heteroatoms. The summed E-state index contributed by atoms with van der Waals surface area (Å²) in [4.78, 5) is 14.7. The molecule has 4 saturated carbocycles. The third-order valence-electron chi connectivity index (χ3n) is 15.2. The number of rotatable bonds is 8. The third-order valence-corrected chi connectivity index (χ3v) is 15.2. The molecule has 6 fully saturated rings. The zero-order valence-corrected chi connectivity index (χ0v) is 29.1. The fourth-order valence-corrected chi connectivity index (χ4v) is 12.0. The van der Waals surface area contributed by atoms with Crippen molar-refractivity contribution < 1.29 is 49.6 Å². The Hall–Kier alpha value is -0.690. The topological polar surface area (TPSA) is 169 Å². The molecule has 4 aliphatic carbocycles. The lowest BCUT2D eigenvalue weighted by molar-refractivity contribution is -0.326. The molecular weight excluding hydrogens is 592 g/mol. The molecular formula is C36H60O10. The number of aliphatic hydroxyl groups excluding tert-OH is 5. The first-order chi connectivity index (χ1) is 21.2. The Balaban J connectivity index is 1.23. The van der Waals surface area contributed by atoms with Crippen LogP contribution in [-0.4, -0.2) is 103 Å². The Labute approximate surface area is 274 Å². The van der Waals surface area contributed by atoms with Crippen LogP contribution in [0.2, 0.25) is 0 Å². The van der Waals surface area contributed by atoms with Gasteiger partial charge in [0.1, 0.15) is 35.8 Å². The summed E-state index contributed by atoms with van der Waals surface area (Å²) in [5.74, 6) is 1.19. The Morgan fingerprint density at radius 3 is 2.26 bits per heavy atom. The Morgan fingerprint density at radius 2 is 1.63 bits per heavy atom. The lowest BCUT2D eigenvalue weighted by Gasteiger charge is -2.66. The van der Waals surface area contributed by atoms with E-state index in [1.807, 2.05) is 0 Å². The van der Waals surface area contributed by atoms with Gasteiger partial charge in [-0.1, -0.05) is 41.5 Å². The quantitative estimate of drug-likeness (QED) is 0.169. The van der Waals surface area contributed by atoms with Gasteiger partial charge in [0.05, 0.1) is 30.5 Å². The van der Waals surface area contributed by atoms with Crippen LogP contribution in [0.5, 0.6) is 0 Å². The molecule has 0 bridgehead atoms. The number of Topliss-reactive ketones (excluding diaryl/α,β-unsaturated/α-hetero) is 1. The van der Waals surface area contributed by atoms with Crippen LogP contribution < -0.4 is 0 Å². The van der Waals surface area contributed by atoms with Crippen molar-refractivity contribution in [3.63, 3.8) is 0 Å². The lowest BCUT2D eigenvalue weighted by atomic mass is 9.36. The molecule has 1 spiro atoms. The number of carbonyl (C=O) groups is 1. The van der Waals surface area contributed by atoms with E-state index < -0.39 is 71.6 Å². The Kier molecular flexibility index (Phi) is 8.52. The van der Waals surface area contributed by atoms with Crippen molar-refractivity contribution in [3.8, 4) is 0 Å². The molecule has 6 aliphatic rings. The number of hydrogen-bond donors (Lipinski definition) is 6. The molecule has 6 rings (SSSR count). The van der Waals surface area contributed by atoms with Crippen LogP contribution in [0.4, 0.5) is 0 Å². The number of epoxide rings is 1. The predicted molar refractivity (Wildman–Crippen MR) is 168 cm³/mol. The van der Waals surface area contributed by atoms with E-state index in [9.17, 15) is 35.4 Å². The number of carbonyl (C=O) groups excluding carboxylic acids is 1. The molecule has 0 aromatic carbocycles. The van der Waals surface area contributed by atoms with Gasteiger partial charge < -0.3 is 44.8 Å². The minimum atomic E-state index is -1.51. The molecule has 16 atom stereocenters. The van der Waals surface area contributed by atoms with Gasteiger partial charge in [0.15, 0.2) is 6.29 Å². The van der Waals surface area contributed by atoms with E-state index in [2.05, 4.69) is 41.5 Å². The summed E-state index contributed by atoms with van der Waals surface area (Å²) in [5, 5.41) is 61.8. The van der Waals surface area contributed by atoms with Gasteiger partial charge in [0, 0.05) is 23.2 Å². The zero-order chi connectivity index (χ0) is 34.0. The highest BCUT2D eigenvalue weighted by atomic mass is 16.7. The highest BCUT2D eigenvalue weighted by Gasteiger charge is 2.83. The normalized spacial score (nSPS) is 52.6. The van der Waals surface area contributed by atoms with Gasteiger partial charge in [0.25, 0.3) is 0 Å². The highest BCUT2D eigenvalue weighted by molar-refractivity contribution is 5.88. The molecule has 0 amide bonds. The first-order valence-corrected chi connectivity index (χ1v) is 17.8. The number of ketones is 1. The molecule has 0 aromatic heterocycles. The van der Waals surface area contributed by atoms with Crippen LogP contribution >= 0.6 is 0 Å². The van der Waals surface area contributed by atoms with Crippen LogP contribution in [0.15, 0.2) is 0 Å². The summed E-state index contributed by atoms with van der Waals surface area (Å²) < 4.78 is 18.9. The van der Waals surface area contributed by atoms with E-state index in [-0.39, 0.29) is 28.8 Å². The van der Waals surface area contributed by atoms with E-state index in [4.69, 9.17) is 14.2 Å². The lowest BCUT2D eigenvalue weighted by Crippen LogP contribution is -2.69. The molecule has 2 aliphatic heterocycles. The van der Waals surface area contributed by atoms with E-state index in [1.54, 1.807) is 13.8 Å². The molecule has 2 heterocycles. The highest BCUT2D eigenvalue weighted by Crippen LogP contribution is 2.79. The van der Waals surface area contributed by atoms with E-state index in [0.29, 0.717) is 36.9 Å². The zero-order valence-electron chi connectivity index (χ0n) is 29.1. The number of fused-ring (bicyclic) bond motifs is 4. The van der Waals surface area contributed by atoms with Gasteiger partial charge in [-0.3, -0.25) is 4.79 Å². The van der Waals surface area contributed by atoms with Crippen molar-refractivity contribution in [1.82, 2.24) is 0 Å². The van der Waals surface area contributed by atoms with Crippen molar-refractivity contribution in [1.29, 1.82) is 0 Å². The third kappa shape index (κ3) is 4.64. The average molecular weight is 653 g/mol. The minimum absolute atomic E-state index is 0.0145. The fourth-order valence-electron chi connectivity index (χ4n) is 12.0. The van der Waals surface area contributed by atoms with Crippen molar-refractivity contribution in [3.05, 3.63) is 0 Å². The van der Waals surface area contributed by atoms with Crippen LogP contribution in [0.25, 0.3) is 0 Å². The monoisotopic (exact) mass is 652 g/mol. The summed E-state index contributed by atoms with van der Waals surface area (Å²) >= 11 is 0. The minimum Gasteiger partial charge on any atom is -0.394 e. The van der Waals surface area contributed by atoms with Crippen LogP contribution in [0.3, 0.4) is 0 Å². The van der Waals surface area contributed by atoms with E-state index in [1.165, 1.54) is 0 Å². The van der Waals surface area contributed by atoms with Gasteiger partial charge in [-0.15, -0.1) is 0 Å². The first-order valence-electron chi connectivity index (χ1n) is 17.8. The molecule has 264 valence electrons. The molecule has 10 nitrogen and oxygen atoms in total. The van der Waals surface area contributed by atoms with Crippen LogP contribution in [-0.2, 0) is 19.0 Å². The maximum absolute atomic E-state index is 14.7. The van der Waals surface area contributed by atoms with Crippen LogP contribution in [0, 0.1) is 45.3 Å². The maximum Gasteiger partial charge on any atom is 0.186 e. The van der Waals surface area contributed by atoms with Gasteiger partial charge in [-0.2, -0.15) is 0 Å². The number of aliphatic hydroxyl groups is 6. The van der Waals surface area contributed by atoms with Crippen molar-refractivity contribution >= 4 is 5.78 Å². The standard InChI is InChI=1S/C36H60O10/c1-18(9-11-23(38)32(4,5)43)19-13-14-33(6)22-15-26-36(46-26)21(35(22,8)24(39)16-34(19,33)7)10-12-25(31(36,2)3)45-30-29(42)28(41)27(40)20(17-37)44-30/h18-23,25-30,37-38,40-43H,9-17H2,1-8H3/t18-,19-,20-,21+,22+,23-,25+,26+,27+,28+,29-,30-,33+,34-,35+,36-/m1/s1. The SMILES string of the molecule is C[C@H](CC[C@@H](O)C(C)(C)O)[C@H]1CC[C@@]2(C)[C@@H]3C[C@@H]4O[C@]45[C@@H](CC[C@H](O[C@H]4O[C@H](CO)[C@H](O)[C@H](O)[C@H]4O)C5(C)C)[C@]3(C)C(=O)C[C@]12C. The first kappa shape index (κ1) is 35.1. The molecule has 0 radical (unpaired) electrons. The van der Waals surface area contributed by atoms with Crippen LogP contribution in [0.1, 0.15) is 107 Å². The summed E-state index contributed by atoms with van der Waals surface area (Å²) in [7, 11) is 0. The number of ether oxygens (including phenoxy) is 3. The van der Waals surface area contributed by atoms with Crippen molar-refractivity contribution in [2.24, 2.45) is 45.3 Å². The summed E-state index contributed by atoms with van der Waals surface area (Å²) in [5.41, 5.74) is -3.00. The molecule has 46 heavy (non-hydrogen) atoms. The summed E-state index contributed by atoms with van der Waals surface area (Å²) in [6, 6.07) is 0. The van der Waals surface area contributed by atoms with E-state index in [0.717, 1.165) is 32.1 Å². The number of hydrogen-bond acceptors (Lipinski definition) is 10. The Bertz CT molecular complexity index is 1180. The second-order valence-electron chi connectivity index (χ2n) is 17.9. The van der Waals surface area contributed by atoms with Crippen molar-refractivity contribution in [2.75, 3.05) is 6.61 Å². The fraction of sp³-hybridized carbons (Fsp3) is 0.972. The smallest absolute Gasteiger partial charge is 0.186 e. The van der Waals surface area contributed by atoms with Gasteiger partial charge in [0.2, 0.25) is 0 Å². The largest absolute Gasteiger partial charge is 0.394 e.